The van der Waals surface area contributed by atoms with Crippen LogP contribution in [0.2, 0.25) is 0 Å². The van der Waals surface area contributed by atoms with Crippen LogP contribution >= 0.6 is 0 Å². The highest BCUT2D eigenvalue weighted by Crippen LogP contribution is 2.27. The third-order valence-electron chi connectivity index (χ3n) is 3.72. The molecule has 0 fully saturated rings. The lowest BCUT2D eigenvalue weighted by Crippen LogP contribution is -2.32. The van der Waals surface area contributed by atoms with Crippen molar-refractivity contribution in [3.05, 3.63) is 59.7 Å². The first-order chi connectivity index (χ1) is 11.5. The number of esters is 1. The van der Waals surface area contributed by atoms with Crippen LogP contribution < -0.4 is 4.74 Å². The molecule has 0 aromatic heterocycles. The summed E-state index contributed by atoms with van der Waals surface area (Å²) in [6, 6.07) is 14.5. The maximum absolute atomic E-state index is 12.3. The second kappa shape index (κ2) is 8.39. The van der Waals surface area contributed by atoms with Gasteiger partial charge in [-0.1, -0.05) is 44.2 Å². The van der Waals surface area contributed by atoms with E-state index in [9.17, 15) is 9.90 Å². The molecule has 1 atom stereocenters. The van der Waals surface area contributed by atoms with Gasteiger partial charge in [0, 0.05) is 6.42 Å². The molecule has 0 heterocycles. The zero-order valence-electron chi connectivity index (χ0n) is 14.4. The molecule has 2 aromatic rings. The molecule has 0 saturated heterocycles. The van der Waals surface area contributed by atoms with Gasteiger partial charge < -0.3 is 14.6 Å². The number of rotatable bonds is 7. The van der Waals surface area contributed by atoms with Gasteiger partial charge in [0.1, 0.15) is 11.5 Å². The number of phenolic OH excluding ortho intramolecular Hbond substituents is 1. The SMILES string of the molecule is CCOC(=O)C(Cc1ccc(O)cc1)Oc1ccccc1C(C)C. The van der Waals surface area contributed by atoms with Gasteiger partial charge in [-0.05, 0) is 42.2 Å². The summed E-state index contributed by atoms with van der Waals surface area (Å²) in [7, 11) is 0. The van der Waals surface area contributed by atoms with Crippen molar-refractivity contribution in [2.45, 2.75) is 39.2 Å². The van der Waals surface area contributed by atoms with Gasteiger partial charge in [-0.2, -0.15) is 0 Å². The highest BCUT2D eigenvalue weighted by atomic mass is 16.6. The highest BCUT2D eigenvalue weighted by Gasteiger charge is 2.24. The van der Waals surface area contributed by atoms with E-state index >= 15 is 0 Å². The molecule has 0 aliphatic carbocycles. The first kappa shape index (κ1) is 17.9. The fraction of sp³-hybridized carbons (Fsp3) is 0.350. The van der Waals surface area contributed by atoms with Crippen LogP contribution in [0.5, 0.6) is 11.5 Å². The summed E-state index contributed by atoms with van der Waals surface area (Å²) < 4.78 is 11.2. The molecular formula is C20H24O4. The lowest BCUT2D eigenvalue weighted by atomic mass is 10.0. The van der Waals surface area contributed by atoms with E-state index in [0.29, 0.717) is 18.8 Å². The second-order valence-electron chi connectivity index (χ2n) is 5.92. The fourth-order valence-corrected chi connectivity index (χ4v) is 2.47. The van der Waals surface area contributed by atoms with Crippen molar-refractivity contribution in [1.82, 2.24) is 0 Å². The van der Waals surface area contributed by atoms with E-state index in [0.717, 1.165) is 11.1 Å². The Hall–Kier alpha value is -2.49. The number of carbonyl (C=O) groups excluding carboxylic acids is 1. The quantitative estimate of drug-likeness (QED) is 0.779. The number of hydrogen-bond acceptors (Lipinski definition) is 4. The molecule has 24 heavy (non-hydrogen) atoms. The van der Waals surface area contributed by atoms with Crippen LogP contribution in [0.3, 0.4) is 0 Å². The molecule has 2 aromatic carbocycles. The molecule has 1 N–H and O–H groups in total. The Kier molecular flexibility index (Phi) is 6.24. The molecule has 4 heteroatoms. The average molecular weight is 328 g/mol. The molecule has 2 rings (SSSR count). The summed E-state index contributed by atoms with van der Waals surface area (Å²) in [5.74, 6) is 0.795. The van der Waals surface area contributed by atoms with E-state index in [-0.39, 0.29) is 17.6 Å². The van der Waals surface area contributed by atoms with Gasteiger partial charge in [0.05, 0.1) is 6.61 Å². The van der Waals surface area contributed by atoms with Gasteiger partial charge in [-0.25, -0.2) is 4.79 Å². The first-order valence-corrected chi connectivity index (χ1v) is 8.21. The smallest absolute Gasteiger partial charge is 0.347 e. The molecule has 1 unspecified atom stereocenters. The van der Waals surface area contributed by atoms with E-state index in [1.807, 2.05) is 24.3 Å². The van der Waals surface area contributed by atoms with Crippen LogP contribution in [0.25, 0.3) is 0 Å². The highest BCUT2D eigenvalue weighted by molar-refractivity contribution is 5.75. The Bertz CT molecular complexity index is 662. The third-order valence-corrected chi connectivity index (χ3v) is 3.72. The van der Waals surface area contributed by atoms with Crippen molar-refractivity contribution in [2.75, 3.05) is 6.61 Å². The van der Waals surface area contributed by atoms with Gasteiger partial charge in [-0.15, -0.1) is 0 Å². The summed E-state index contributed by atoms with van der Waals surface area (Å²) in [5.41, 5.74) is 1.95. The number of carbonyl (C=O) groups is 1. The molecular weight excluding hydrogens is 304 g/mol. The first-order valence-electron chi connectivity index (χ1n) is 8.21. The Morgan fingerprint density at radius 2 is 1.75 bits per heavy atom. The minimum absolute atomic E-state index is 0.192. The van der Waals surface area contributed by atoms with Crippen LogP contribution in [0.1, 0.15) is 37.8 Å². The summed E-state index contributed by atoms with van der Waals surface area (Å²) in [6.07, 6.45) is -0.347. The molecule has 0 amide bonds. The molecule has 128 valence electrons. The lowest BCUT2D eigenvalue weighted by molar-refractivity contribution is -0.151. The van der Waals surface area contributed by atoms with Crippen LogP contribution in [0, 0.1) is 0 Å². The molecule has 0 aliphatic heterocycles. The lowest BCUT2D eigenvalue weighted by Gasteiger charge is -2.21. The van der Waals surface area contributed by atoms with E-state index in [1.165, 1.54) is 0 Å². The van der Waals surface area contributed by atoms with Crippen LogP contribution in [-0.2, 0) is 16.0 Å². The number of hydrogen-bond donors (Lipinski definition) is 1. The van der Waals surface area contributed by atoms with Gasteiger partial charge >= 0.3 is 5.97 Å². The maximum atomic E-state index is 12.3. The van der Waals surface area contributed by atoms with Crippen LogP contribution in [0.15, 0.2) is 48.5 Å². The van der Waals surface area contributed by atoms with E-state index in [4.69, 9.17) is 9.47 Å². The number of phenols is 1. The minimum atomic E-state index is -0.727. The van der Waals surface area contributed by atoms with E-state index in [1.54, 1.807) is 31.2 Å². The summed E-state index contributed by atoms with van der Waals surface area (Å²) in [5, 5.41) is 9.39. The standard InChI is InChI=1S/C20H24O4/c1-4-23-20(22)19(13-15-9-11-16(21)12-10-15)24-18-8-6-5-7-17(18)14(2)3/h5-12,14,19,21H,4,13H2,1-3H3. The van der Waals surface area contributed by atoms with Crippen molar-refractivity contribution in [3.63, 3.8) is 0 Å². The topological polar surface area (TPSA) is 55.8 Å². The van der Waals surface area contributed by atoms with Crippen molar-refractivity contribution in [1.29, 1.82) is 0 Å². The average Bonchev–Trinajstić information content (AvgIpc) is 2.56. The largest absolute Gasteiger partial charge is 0.508 e. The van der Waals surface area contributed by atoms with E-state index in [2.05, 4.69) is 13.8 Å². The predicted octanol–water partition coefficient (Wildman–Crippen LogP) is 4.07. The molecule has 0 bridgehead atoms. The third kappa shape index (κ3) is 4.75. The number of aromatic hydroxyl groups is 1. The second-order valence-corrected chi connectivity index (χ2v) is 5.92. The zero-order chi connectivity index (χ0) is 17.5. The van der Waals surface area contributed by atoms with Gasteiger partial charge in [0.25, 0.3) is 0 Å². The van der Waals surface area contributed by atoms with Gasteiger partial charge in [0.15, 0.2) is 6.10 Å². The zero-order valence-corrected chi connectivity index (χ0v) is 14.4. The van der Waals surface area contributed by atoms with Gasteiger partial charge in [-0.3, -0.25) is 0 Å². The molecule has 0 saturated carbocycles. The Labute approximate surface area is 143 Å². The normalized spacial score (nSPS) is 12.0. The van der Waals surface area contributed by atoms with Gasteiger partial charge in [0.2, 0.25) is 0 Å². The van der Waals surface area contributed by atoms with Crippen molar-refractivity contribution >= 4 is 5.97 Å². The molecule has 0 aliphatic rings. The summed E-state index contributed by atoms with van der Waals surface area (Å²) in [4.78, 5) is 12.3. The number of ether oxygens (including phenoxy) is 2. The molecule has 0 radical (unpaired) electrons. The van der Waals surface area contributed by atoms with Crippen molar-refractivity contribution < 1.29 is 19.4 Å². The Morgan fingerprint density at radius 1 is 1.08 bits per heavy atom. The number of para-hydroxylation sites is 1. The summed E-state index contributed by atoms with van der Waals surface area (Å²) >= 11 is 0. The number of benzene rings is 2. The van der Waals surface area contributed by atoms with Crippen molar-refractivity contribution in [3.8, 4) is 11.5 Å². The van der Waals surface area contributed by atoms with Crippen molar-refractivity contribution in [2.24, 2.45) is 0 Å². The Balaban J connectivity index is 2.23. The predicted molar refractivity (Wildman–Crippen MR) is 93.4 cm³/mol. The maximum Gasteiger partial charge on any atom is 0.347 e. The Morgan fingerprint density at radius 3 is 2.38 bits per heavy atom. The molecule has 4 nitrogen and oxygen atoms in total. The minimum Gasteiger partial charge on any atom is -0.508 e. The van der Waals surface area contributed by atoms with E-state index < -0.39 is 6.10 Å². The fourth-order valence-electron chi connectivity index (χ4n) is 2.47. The summed E-state index contributed by atoms with van der Waals surface area (Å²) in [6.45, 7) is 6.25. The van der Waals surface area contributed by atoms with Crippen LogP contribution in [-0.4, -0.2) is 23.8 Å². The van der Waals surface area contributed by atoms with Crippen LogP contribution in [0.4, 0.5) is 0 Å². The molecule has 0 spiro atoms. The monoisotopic (exact) mass is 328 g/mol.